The van der Waals surface area contributed by atoms with E-state index in [1.54, 1.807) is 6.07 Å². The van der Waals surface area contributed by atoms with Crippen LogP contribution in [0, 0.1) is 5.92 Å². The molecule has 0 bridgehead atoms. The van der Waals surface area contributed by atoms with E-state index in [2.05, 4.69) is 19.2 Å². The maximum Gasteiger partial charge on any atom is 0.257 e. The molecule has 2 rings (SSSR count). The van der Waals surface area contributed by atoms with E-state index in [1.807, 2.05) is 12.1 Å². The minimum absolute atomic E-state index is 0.0187. The number of rotatable bonds is 6. The molecule has 1 N–H and O–H groups in total. The molecule has 1 aromatic rings. The van der Waals surface area contributed by atoms with E-state index in [0.29, 0.717) is 24.6 Å². The summed E-state index contributed by atoms with van der Waals surface area (Å²) >= 11 is 0. The maximum atomic E-state index is 11.7. The maximum absolute atomic E-state index is 11.7. The summed E-state index contributed by atoms with van der Waals surface area (Å²) in [5, 5.41) is 2.84. The first-order valence-corrected chi connectivity index (χ1v) is 7.62. The average molecular weight is 289 g/mol. The van der Waals surface area contributed by atoms with Gasteiger partial charge in [-0.05, 0) is 48.9 Å². The van der Waals surface area contributed by atoms with Crippen molar-refractivity contribution in [3.8, 4) is 5.75 Å². The molecular weight excluding hydrogens is 266 g/mol. The Morgan fingerprint density at radius 1 is 1.33 bits per heavy atom. The molecule has 0 fully saturated rings. The molecule has 0 radical (unpaired) electrons. The number of hydrogen-bond donors (Lipinski definition) is 1. The number of ketones is 1. The van der Waals surface area contributed by atoms with Gasteiger partial charge >= 0.3 is 0 Å². The first-order valence-electron chi connectivity index (χ1n) is 7.62. The van der Waals surface area contributed by atoms with Crippen molar-refractivity contribution in [2.24, 2.45) is 5.92 Å². The summed E-state index contributed by atoms with van der Waals surface area (Å²) in [6.45, 7) is 4.94. The van der Waals surface area contributed by atoms with Gasteiger partial charge in [0.15, 0.2) is 12.4 Å². The molecule has 1 aromatic carbocycles. The minimum Gasteiger partial charge on any atom is -0.484 e. The largest absolute Gasteiger partial charge is 0.484 e. The predicted molar refractivity (Wildman–Crippen MR) is 81.7 cm³/mol. The molecule has 0 atom stereocenters. The number of benzene rings is 1. The van der Waals surface area contributed by atoms with Gasteiger partial charge in [0.05, 0.1) is 0 Å². The fourth-order valence-corrected chi connectivity index (χ4v) is 2.41. The van der Waals surface area contributed by atoms with E-state index in [1.165, 1.54) is 0 Å². The summed E-state index contributed by atoms with van der Waals surface area (Å²) in [6, 6.07) is 5.46. The Hall–Kier alpha value is -1.84. The normalized spacial score (nSPS) is 14.0. The van der Waals surface area contributed by atoms with Gasteiger partial charge in [0, 0.05) is 18.5 Å². The molecule has 1 aliphatic carbocycles. The summed E-state index contributed by atoms with van der Waals surface area (Å²) in [7, 11) is 0. The molecule has 0 unspecified atom stereocenters. The number of nitrogens with one attached hydrogen (secondary N) is 1. The van der Waals surface area contributed by atoms with Gasteiger partial charge in [-0.2, -0.15) is 0 Å². The SMILES string of the molecule is CC(C)CCNC(=O)COc1ccc2c(c1)CCCC2=O. The molecule has 0 heterocycles. The van der Waals surface area contributed by atoms with Crippen molar-refractivity contribution in [2.75, 3.05) is 13.2 Å². The molecule has 4 heteroatoms. The van der Waals surface area contributed by atoms with Crippen molar-refractivity contribution in [1.82, 2.24) is 5.32 Å². The van der Waals surface area contributed by atoms with Crippen molar-refractivity contribution >= 4 is 11.7 Å². The number of aryl methyl sites for hydroxylation is 1. The van der Waals surface area contributed by atoms with Gasteiger partial charge in [0.1, 0.15) is 5.75 Å². The van der Waals surface area contributed by atoms with Crippen LogP contribution in [0.15, 0.2) is 18.2 Å². The number of amides is 1. The lowest BCUT2D eigenvalue weighted by Crippen LogP contribution is -2.30. The van der Waals surface area contributed by atoms with Gasteiger partial charge in [-0.15, -0.1) is 0 Å². The van der Waals surface area contributed by atoms with Crippen LogP contribution in [0.25, 0.3) is 0 Å². The molecule has 0 saturated carbocycles. The molecule has 4 nitrogen and oxygen atoms in total. The average Bonchev–Trinajstić information content (AvgIpc) is 2.45. The summed E-state index contributed by atoms with van der Waals surface area (Å²) < 4.78 is 5.50. The van der Waals surface area contributed by atoms with Crippen LogP contribution in [-0.2, 0) is 11.2 Å². The summed E-state index contributed by atoms with van der Waals surface area (Å²) in [5.74, 6) is 1.32. The van der Waals surface area contributed by atoms with Gasteiger partial charge in [-0.25, -0.2) is 0 Å². The highest BCUT2D eigenvalue weighted by Crippen LogP contribution is 2.25. The fourth-order valence-electron chi connectivity index (χ4n) is 2.41. The Morgan fingerprint density at radius 2 is 2.14 bits per heavy atom. The van der Waals surface area contributed by atoms with E-state index in [-0.39, 0.29) is 18.3 Å². The standard InChI is InChI=1S/C17H23NO3/c1-12(2)8-9-18-17(20)11-21-14-6-7-15-13(10-14)4-3-5-16(15)19/h6-7,10,12H,3-5,8-9,11H2,1-2H3,(H,18,20). The smallest absolute Gasteiger partial charge is 0.257 e. The molecule has 0 aliphatic heterocycles. The third-order valence-corrected chi connectivity index (χ3v) is 3.64. The van der Waals surface area contributed by atoms with Crippen LogP contribution >= 0.6 is 0 Å². The third-order valence-electron chi connectivity index (χ3n) is 3.64. The molecule has 1 amide bonds. The Bertz CT molecular complexity index is 523. The van der Waals surface area contributed by atoms with Gasteiger partial charge in [-0.3, -0.25) is 9.59 Å². The number of carbonyl (C=O) groups excluding carboxylic acids is 2. The zero-order valence-electron chi connectivity index (χ0n) is 12.8. The van der Waals surface area contributed by atoms with Crippen molar-refractivity contribution in [3.05, 3.63) is 29.3 Å². The second kappa shape index (κ2) is 7.25. The van der Waals surface area contributed by atoms with Gasteiger partial charge in [0.25, 0.3) is 5.91 Å². The molecular formula is C17H23NO3. The van der Waals surface area contributed by atoms with Crippen LogP contribution in [0.4, 0.5) is 0 Å². The first kappa shape index (κ1) is 15.5. The van der Waals surface area contributed by atoms with Gasteiger partial charge in [-0.1, -0.05) is 13.8 Å². The van der Waals surface area contributed by atoms with E-state index < -0.39 is 0 Å². The zero-order chi connectivity index (χ0) is 15.2. The minimum atomic E-state index is -0.107. The number of fused-ring (bicyclic) bond motifs is 1. The molecule has 0 spiro atoms. The second-order valence-corrected chi connectivity index (χ2v) is 5.92. The van der Waals surface area contributed by atoms with E-state index >= 15 is 0 Å². The highest BCUT2D eigenvalue weighted by molar-refractivity contribution is 5.98. The highest BCUT2D eigenvalue weighted by atomic mass is 16.5. The van der Waals surface area contributed by atoms with Crippen LogP contribution in [0.1, 0.15) is 49.0 Å². The second-order valence-electron chi connectivity index (χ2n) is 5.92. The van der Waals surface area contributed by atoms with Crippen molar-refractivity contribution in [3.63, 3.8) is 0 Å². The topological polar surface area (TPSA) is 55.4 Å². The molecule has 0 saturated heterocycles. The number of ether oxygens (including phenoxy) is 1. The van der Waals surface area contributed by atoms with Crippen molar-refractivity contribution in [1.29, 1.82) is 0 Å². The lowest BCUT2D eigenvalue weighted by atomic mass is 9.91. The highest BCUT2D eigenvalue weighted by Gasteiger charge is 2.17. The quantitative estimate of drug-likeness (QED) is 0.876. The van der Waals surface area contributed by atoms with Crippen molar-refractivity contribution in [2.45, 2.75) is 39.5 Å². The first-order chi connectivity index (χ1) is 10.1. The number of hydrogen-bond acceptors (Lipinski definition) is 3. The van der Waals surface area contributed by atoms with Gasteiger partial charge in [0.2, 0.25) is 0 Å². The van der Waals surface area contributed by atoms with Crippen LogP contribution < -0.4 is 10.1 Å². The van der Waals surface area contributed by atoms with Crippen LogP contribution in [-0.4, -0.2) is 24.8 Å². The van der Waals surface area contributed by atoms with Crippen molar-refractivity contribution < 1.29 is 14.3 Å². The Labute approximate surface area is 125 Å². The summed E-state index contributed by atoms with van der Waals surface area (Å²) in [5.41, 5.74) is 1.83. The Morgan fingerprint density at radius 3 is 2.90 bits per heavy atom. The van der Waals surface area contributed by atoms with Crippen LogP contribution in [0.2, 0.25) is 0 Å². The van der Waals surface area contributed by atoms with Crippen LogP contribution in [0.3, 0.4) is 0 Å². The number of Topliss-reactive ketones (excluding diaryl/α,β-unsaturated/α-hetero) is 1. The predicted octanol–water partition coefficient (Wildman–Crippen LogP) is 2.75. The fraction of sp³-hybridized carbons (Fsp3) is 0.529. The van der Waals surface area contributed by atoms with E-state index in [0.717, 1.165) is 30.4 Å². The molecule has 1 aliphatic rings. The molecule has 21 heavy (non-hydrogen) atoms. The summed E-state index contributed by atoms with van der Waals surface area (Å²) in [4.78, 5) is 23.4. The van der Waals surface area contributed by atoms with E-state index in [9.17, 15) is 9.59 Å². The molecule has 114 valence electrons. The molecule has 0 aromatic heterocycles. The van der Waals surface area contributed by atoms with Crippen LogP contribution in [0.5, 0.6) is 5.75 Å². The third kappa shape index (κ3) is 4.59. The van der Waals surface area contributed by atoms with E-state index in [4.69, 9.17) is 4.74 Å². The van der Waals surface area contributed by atoms with Gasteiger partial charge < -0.3 is 10.1 Å². The Kier molecular flexibility index (Phi) is 5.37. The monoisotopic (exact) mass is 289 g/mol. The summed E-state index contributed by atoms with van der Waals surface area (Å²) in [6.07, 6.45) is 3.39. The lowest BCUT2D eigenvalue weighted by Gasteiger charge is -2.16. The zero-order valence-corrected chi connectivity index (χ0v) is 12.8. The number of carbonyl (C=O) groups is 2. The lowest BCUT2D eigenvalue weighted by molar-refractivity contribution is -0.123. The Balaban J connectivity index is 1.83.